The number of benzene rings is 1. The Morgan fingerprint density at radius 1 is 1.14 bits per heavy atom. The fraction of sp³-hybridized carbons (Fsp3) is 0.400. The molecule has 1 nitrogen and oxygen atoms in total. The van der Waals surface area contributed by atoms with E-state index in [9.17, 15) is 8.78 Å². The summed E-state index contributed by atoms with van der Waals surface area (Å²) in [4.78, 5) is 0. The third-order valence-corrected chi connectivity index (χ3v) is 4.10. The summed E-state index contributed by atoms with van der Waals surface area (Å²) < 4.78 is 31.0. The maximum Gasteiger partial charge on any atom is 0.200 e. The second kappa shape index (κ2) is 3.69. The minimum Gasteiger partial charge on any atom is -0.494 e. The lowest BCUT2D eigenvalue weighted by Crippen LogP contribution is -2.38. The summed E-state index contributed by atoms with van der Waals surface area (Å²) in [7, 11) is -0.283. The molecule has 0 atom stereocenters. The summed E-state index contributed by atoms with van der Waals surface area (Å²) in [6, 6.07) is 2.86. The molecule has 0 bridgehead atoms. The van der Waals surface area contributed by atoms with Crippen molar-refractivity contribution in [2.75, 3.05) is 7.11 Å². The Morgan fingerprint density at radius 3 is 2.14 bits per heavy atom. The molecule has 1 aromatic carbocycles. The normalized spacial score (nSPS) is 11.6. The molecule has 0 aliphatic carbocycles. The SMILES string of the molecule is COc1cc([Si](C)(C)C)cc(F)c1F. The quantitative estimate of drug-likeness (QED) is 0.690. The van der Waals surface area contributed by atoms with Gasteiger partial charge in [-0.1, -0.05) is 24.8 Å². The van der Waals surface area contributed by atoms with Crippen LogP contribution in [0.3, 0.4) is 0 Å². The van der Waals surface area contributed by atoms with E-state index in [-0.39, 0.29) is 5.75 Å². The van der Waals surface area contributed by atoms with Crippen LogP contribution in [0.25, 0.3) is 0 Å². The van der Waals surface area contributed by atoms with Gasteiger partial charge in [0, 0.05) is 0 Å². The van der Waals surface area contributed by atoms with E-state index < -0.39 is 19.7 Å². The van der Waals surface area contributed by atoms with Crippen molar-refractivity contribution in [3.8, 4) is 5.75 Å². The van der Waals surface area contributed by atoms with Gasteiger partial charge in [-0.2, -0.15) is 4.39 Å². The number of hydrogen-bond acceptors (Lipinski definition) is 1. The van der Waals surface area contributed by atoms with Gasteiger partial charge in [0.1, 0.15) is 0 Å². The van der Waals surface area contributed by atoms with Gasteiger partial charge in [0.25, 0.3) is 0 Å². The maximum atomic E-state index is 13.1. The van der Waals surface area contributed by atoms with Crippen LogP contribution in [0, 0.1) is 11.6 Å². The maximum absolute atomic E-state index is 13.1. The lowest BCUT2D eigenvalue weighted by atomic mass is 10.3. The highest BCUT2D eigenvalue weighted by Gasteiger charge is 2.21. The molecule has 0 N–H and O–H groups in total. The lowest BCUT2D eigenvalue weighted by molar-refractivity contribution is 0.372. The van der Waals surface area contributed by atoms with Crippen LogP contribution in [0.2, 0.25) is 19.6 Å². The van der Waals surface area contributed by atoms with Gasteiger partial charge < -0.3 is 4.74 Å². The Bertz CT molecular complexity index is 345. The Hall–Kier alpha value is -0.903. The predicted molar refractivity (Wildman–Crippen MR) is 55.9 cm³/mol. The third-order valence-electron chi connectivity index (χ3n) is 2.08. The van der Waals surface area contributed by atoms with Gasteiger partial charge in [0.15, 0.2) is 11.6 Å². The molecule has 0 aliphatic rings. The number of rotatable bonds is 2. The number of methoxy groups -OCH3 is 1. The van der Waals surface area contributed by atoms with Crippen LogP contribution in [0.5, 0.6) is 5.75 Å². The Kier molecular flexibility index (Phi) is 2.94. The Morgan fingerprint density at radius 2 is 1.71 bits per heavy atom. The molecule has 0 heterocycles. The van der Waals surface area contributed by atoms with Gasteiger partial charge in [-0.25, -0.2) is 4.39 Å². The molecule has 1 rings (SSSR count). The van der Waals surface area contributed by atoms with Crippen molar-refractivity contribution in [2.24, 2.45) is 0 Å². The Balaban J connectivity index is 3.30. The van der Waals surface area contributed by atoms with Gasteiger partial charge in [0.2, 0.25) is 5.82 Å². The van der Waals surface area contributed by atoms with E-state index in [2.05, 4.69) is 19.6 Å². The first-order chi connectivity index (χ1) is 6.36. The molecule has 0 saturated carbocycles. The van der Waals surface area contributed by atoms with Crippen LogP contribution in [0.15, 0.2) is 12.1 Å². The zero-order valence-corrected chi connectivity index (χ0v) is 9.82. The molecule has 0 fully saturated rings. The van der Waals surface area contributed by atoms with Crippen LogP contribution in [0.4, 0.5) is 8.78 Å². The smallest absolute Gasteiger partial charge is 0.200 e. The van der Waals surface area contributed by atoms with Crippen LogP contribution < -0.4 is 9.92 Å². The minimum atomic E-state index is -1.62. The summed E-state index contributed by atoms with van der Waals surface area (Å²) in [5.41, 5.74) is 0. The van der Waals surface area contributed by atoms with Gasteiger partial charge in [-0.3, -0.25) is 0 Å². The van der Waals surface area contributed by atoms with Gasteiger partial charge in [-0.15, -0.1) is 0 Å². The third kappa shape index (κ3) is 2.12. The summed E-state index contributed by atoms with van der Waals surface area (Å²) in [5, 5.41) is 0.855. The highest BCUT2D eigenvalue weighted by atomic mass is 28.3. The molecule has 0 unspecified atom stereocenters. The van der Waals surface area contributed by atoms with Crippen molar-refractivity contribution in [3.05, 3.63) is 23.8 Å². The largest absolute Gasteiger partial charge is 0.494 e. The molecule has 0 spiro atoms. The number of halogens is 2. The van der Waals surface area contributed by atoms with Crippen LogP contribution in [-0.2, 0) is 0 Å². The summed E-state index contributed by atoms with van der Waals surface area (Å²) in [5.74, 6) is -1.75. The Labute approximate surface area is 83.7 Å². The molecule has 0 saturated heterocycles. The first-order valence-electron chi connectivity index (χ1n) is 4.40. The average molecular weight is 216 g/mol. The highest BCUT2D eigenvalue weighted by Crippen LogP contribution is 2.19. The second-order valence-corrected chi connectivity index (χ2v) is 9.30. The second-order valence-electron chi connectivity index (χ2n) is 4.22. The fourth-order valence-electron chi connectivity index (χ4n) is 1.15. The minimum absolute atomic E-state index is 0.0116. The van der Waals surface area contributed by atoms with Gasteiger partial charge >= 0.3 is 0 Å². The molecule has 78 valence electrons. The molecule has 0 aliphatic heterocycles. The van der Waals surface area contributed by atoms with Gasteiger partial charge in [-0.05, 0) is 12.1 Å². The zero-order chi connectivity index (χ0) is 10.9. The van der Waals surface area contributed by atoms with E-state index >= 15 is 0 Å². The predicted octanol–water partition coefficient (Wildman–Crippen LogP) is 2.52. The van der Waals surface area contributed by atoms with Crippen LogP contribution in [-0.4, -0.2) is 15.2 Å². The van der Waals surface area contributed by atoms with Crippen molar-refractivity contribution in [1.82, 2.24) is 0 Å². The molecular formula is C10H14F2OSi. The van der Waals surface area contributed by atoms with Crippen molar-refractivity contribution in [2.45, 2.75) is 19.6 Å². The molecule has 0 radical (unpaired) electrons. The van der Waals surface area contributed by atoms with E-state index in [0.29, 0.717) is 0 Å². The van der Waals surface area contributed by atoms with Gasteiger partial charge in [0.05, 0.1) is 15.2 Å². The van der Waals surface area contributed by atoms with Crippen molar-refractivity contribution >= 4 is 13.3 Å². The standard InChI is InChI=1S/C10H14F2OSi/c1-13-9-6-7(14(2,3)4)5-8(11)10(9)12/h5-6H,1-4H3. The van der Waals surface area contributed by atoms with E-state index in [4.69, 9.17) is 4.74 Å². The summed E-state index contributed by atoms with van der Waals surface area (Å²) in [6.45, 7) is 6.21. The van der Waals surface area contributed by atoms with Crippen LogP contribution in [0.1, 0.15) is 0 Å². The molecule has 4 heteroatoms. The first kappa shape index (κ1) is 11.2. The summed E-state index contributed by atoms with van der Waals surface area (Å²) in [6.07, 6.45) is 0. The van der Waals surface area contributed by atoms with E-state index in [1.165, 1.54) is 13.2 Å². The average Bonchev–Trinajstić information content (AvgIpc) is 2.07. The number of ether oxygens (including phenoxy) is 1. The molecule has 0 aromatic heterocycles. The summed E-state index contributed by atoms with van der Waals surface area (Å²) >= 11 is 0. The topological polar surface area (TPSA) is 9.23 Å². The monoisotopic (exact) mass is 216 g/mol. The molecular weight excluding hydrogens is 202 g/mol. The highest BCUT2D eigenvalue weighted by molar-refractivity contribution is 6.88. The zero-order valence-electron chi connectivity index (χ0n) is 8.82. The fourth-order valence-corrected chi connectivity index (χ4v) is 2.27. The molecule has 0 amide bonds. The van der Waals surface area contributed by atoms with E-state index in [0.717, 1.165) is 5.19 Å². The molecule has 14 heavy (non-hydrogen) atoms. The first-order valence-corrected chi connectivity index (χ1v) is 7.90. The van der Waals surface area contributed by atoms with E-state index in [1.54, 1.807) is 6.07 Å². The van der Waals surface area contributed by atoms with Crippen LogP contribution >= 0.6 is 0 Å². The van der Waals surface area contributed by atoms with Crippen molar-refractivity contribution in [1.29, 1.82) is 0 Å². The van der Waals surface area contributed by atoms with E-state index in [1.807, 2.05) is 0 Å². The number of hydrogen-bond donors (Lipinski definition) is 0. The van der Waals surface area contributed by atoms with Crippen molar-refractivity contribution < 1.29 is 13.5 Å². The lowest BCUT2D eigenvalue weighted by Gasteiger charge is -2.17. The molecule has 1 aromatic rings. The van der Waals surface area contributed by atoms with Crippen molar-refractivity contribution in [3.63, 3.8) is 0 Å².